The minimum absolute atomic E-state index is 0.225. The summed E-state index contributed by atoms with van der Waals surface area (Å²) in [5, 5.41) is 0. The number of benzene rings is 1. The van der Waals surface area contributed by atoms with Gasteiger partial charge in [0.2, 0.25) is 0 Å². The van der Waals surface area contributed by atoms with Gasteiger partial charge in [-0.15, -0.1) is 0 Å². The average Bonchev–Trinajstić information content (AvgIpc) is 2.17. The molecule has 0 amide bonds. The zero-order chi connectivity index (χ0) is 13.5. The van der Waals surface area contributed by atoms with Crippen molar-refractivity contribution in [2.75, 3.05) is 0 Å². The van der Waals surface area contributed by atoms with Crippen molar-refractivity contribution in [1.82, 2.24) is 0 Å². The van der Waals surface area contributed by atoms with E-state index in [2.05, 4.69) is 0 Å². The van der Waals surface area contributed by atoms with E-state index in [1.165, 1.54) is 6.92 Å². The Morgan fingerprint density at radius 3 is 1.65 bits per heavy atom. The average molecular weight is 372 g/mol. The normalized spacial score (nSPS) is 12.1. The first-order valence-electron chi connectivity index (χ1n) is 4.72. The van der Waals surface area contributed by atoms with Crippen LogP contribution in [0.15, 0.2) is 4.90 Å². The van der Waals surface area contributed by atoms with Crippen molar-refractivity contribution in [2.45, 2.75) is 32.6 Å². The third kappa shape index (κ3) is 2.50. The monoisotopic (exact) mass is 372 g/mol. The predicted molar refractivity (Wildman–Crippen MR) is 69.3 cm³/mol. The topological polar surface area (TPSA) is 88.5 Å². The maximum Gasteiger partial charge on any atom is 0.342 e. The van der Waals surface area contributed by atoms with Crippen LogP contribution in [0, 0.1) is 31.3 Å². The van der Waals surface area contributed by atoms with Gasteiger partial charge in [-0.2, -0.15) is 8.42 Å². The molecule has 96 valence electrons. The Hall–Kier alpha value is -0.540. The molecular formula is C10H13IO5S. The largest absolute Gasteiger partial charge is 0.342 e. The summed E-state index contributed by atoms with van der Waals surface area (Å²) in [6.07, 6.45) is 0. The van der Waals surface area contributed by atoms with Crippen LogP contribution in [0.4, 0.5) is 0 Å². The fourth-order valence-corrected chi connectivity index (χ4v) is 5.77. The van der Waals surface area contributed by atoms with Gasteiger partial charge in [-0.25, -0.2) is 6.14 Å². The molecule has 0 atom stereocenters. The summed E-state index contributed by atoms with van der Waals surface area (Å²) in [6, 6.07) is 0. The van der Waals surface area contributed by atoms with E-state index < -0.39 is 34.8 Å². The molecule has 1 N–H and O–H groups in total. The van der Waals surface area contributed by atoms with E-state index in [1.807, 2.05) is 0 Å². The molecular weight excluding hydrogens is 359 g/mol. The summed E-state index contributed by atoms with van der Waals surface area (Å²) in [5.41, 5.74) is 2.10. The van der Waals surface area contributed by atoms with Gasteiger partial charge >= 0.3 is 19.8 Å². The molecule has 7 heteroatoms. The van der Waals surface area contributed by atoms with Gasteiger partial charge in [-0.3, -0.25) is 4.55 Å². The lowest BCUT2D eigenvalue weighted by Gasteiger charge is -2.14. The molecule has 1 aromatic carbocycles. The summed E-state index contributed by atoms with van der Waals surface area (Å²) < 4.78 is 54.0. The summed E-state index contributed by atoms with van der Waals surface area (Å²) in [7, 11) is -4.53. The third-order valence-electron chi connectivity index (χ3n) is 2.97. The van der Waals surface area contributed by atoms with Crippen molar-refractivity contribution in [3.63, 3.8) is 0 Å². The SMILES string of the molecule is Cc1c(C)c(C)c(S(=O)(=O)O)c(I(=O)=O)c1C. The van der Waals surface area contributed by atoms with E-state index in [0.717, 1.165) is 5.56 Å². The van der Waals surface area contributed by atoms with Gasteiger partial charge in [0.15, 0.2) is 0 Å². The van der Waals surface area contributed by atoms with Crippen LogP contribution in [-0.4, -0.2) is 13.0 Å². The Labute approximate surface area is 107 Å². The number of hydrogen-bond acceptors (Lipinski definition) is 4. The van der Waals surface area contributed by atoms with E-state index >= 15 is 0 Å². The van der Waals surface area contributed by atoms with Gasteiger partial charge in [0.25, 0.3) is 10.1 Å². The van der Waals surface area contributed by atoms with Crippen molar-refractivity contribution < 1.29 is 19.1 Å². The first-order chi connectivity index (χ1) is 7.59. The molecule has 0 aliphatic heterocycles. The molecule has 1 aromatic rings. The van der Waals surface area contributed by atoms with Crippen LogP contribution in [-0.2, 0) is 16.3 Å². The molecule has 17 heavy (non-hydrogen) atoms. The van der Waals surface area contributed by atoms with Crippen molar-refractivity contribution in [2.24, 2.45) is 0 Å². The first-order valence-corrected chi connectivity index (χ1v) is 9.00. The minimum Gasteiger partial charge on any atom is -0.282 e. The summed E-state index contributed by atoms with van der Waals surface area (Å²) in [6.45, 7) is 6.47. The highest BCUT2D eigenvalue weighted by molar-refractivity contribution is 14.2. The second kappa shape index (κ2) is 4.62. The number of rotatable bonds is 2. The van der Waals surface area contributed by atoms with Crippen LogP contribution in [0.5, 0.6) is 0 Å². The van der Waals surface area contributed by atoms with Crippen LogP contribution < -0.4 is 0 Å². The van der Waals surface area contributed by atoms with Crippen molar-refractivity contribution in [3.05, 3.63) is 25.8 Å². The summed E-state index contributed by atoms with van der Waals surface area (Å²) in [4.78, 5) is -0.465. The Bertz CT molecular complexity index is 648. The lowest BCUT2D eigenvalue weighted by molar-refractivity contribution is 0.481. The van der Waals surface area contributed by atoms with Gasteiger partial charge in [0.05, 0.1) is 0 Å². The van der Waals surface area contributed by atoms with Crippen molar-refractivity contribution in [1.29, 1.82) is 0 Å². The second-order valence-electron chi connectivity index (χ2n) is 3.84. The number of hydrogen-bond donors (Lipinski definition) is 1. The Balaban J connectivity index is 4.07. The maximum atomic E-state index is 11.3. The Morgan fingerprint density at radius 1 is 0.882 bits per heavy atom. The molecule has 5 nitrogen and oxygen atoms in total. The third-order valence-corrected chi connectivity index (χ3v) is 6.59. The van der Waals surface area contributed by atoms with Crippen molar-refractivity contribution >= 4 is 29.9 Å². The van der Waals surface area contributed by atoms with E-state index in [-0.39, 0.29) is 3.57 Å². The summed E-state index contributed by atoms with van der Waals surface area (Å²) in [5.74, 6) is 0. The van der Waals surface area contributed by atoms with Gasteiger partial charge in [0.1, 0.15) is 8.47 Å². The van der Waals surface area contributed by atoms with Gasteiger partial charge < -0.3 is 0 Å². The number of halogens is 1. The summed E-state index contributed by atoms with van der Waals surface area (Å²) >= 11 is -4.00. The fourth-order valence-electron chi connectivity index (χ4n) is 1.72. The standard InChI is InChI=1S/C10H13IO5S/c1-5-6(2)8(4)10(17(14,15)16)9(7(5)3)11(12)13/h1-4H3,(H,14,15,16). The highest BCUT2D eigenvalue weighted by Crippen LogP contribution is 2.35. The molecule has 0 aliphatic rings. The van der Waals surface area contributed by atoms with E-state index in [1.54, 1.807) is 20.8 Å². The van der Waals surface area contributed by atoms with Crippen LogP contribution in [0.3, 0.4) is 0 Å². The smallest absolute Gasteiger partial charge is 0.282 e. The van der Waals surface area contributed by atoms with Gasteiger partial charge in [-0.1, -0.05) is 0 Å². The minimum atomic E-state index is -4.53. The molecule has 0 spiro atoms. The molecule has 0 unspecified atom stereocenters. The fraction of sp³-hybridized carbons (Fsp3) is 0.400. The maximum absolute atomic E-state index is 11.3. The second-order valence-corrected chi connectivity index (χ2v) is 7.51. The van der Waals surface area contributed by atoms with Gasteiger partial charge in [-0.05, 0) is 49.9 Å². The molecule has 0 radical (unpaired) electrons. The molecule has 0 fully saturated rings. The molecule has 0 saturated heterocycles. The molecule has 0 aromatic heterocycles. The zero-order valence-corrected chi connectivity index (χ0v) is 12.8. The van der Waals surface area contributed by atoms with E-state index in [9.17, 15) is 14.6 Å². The van der Waals surface area contributed by atoms with E-state index in [4.69, 9.17) is 4.55 Å². The highest BCUT2D eigenvalue weighted by Gasteiger charge is 2.26. The lowest BCUT2D eigenvalue weighted by Crippen LogP contribution is -2.09. The van der Waals surface area contributed by atoms with Crippen LogP contribution in [0.1, 0.15) is 22.3 Å². The molecule has 0 bridgehead atoms. The molecule has 0 saturated carbocycles. The Morgan fingerprint density at radius 2 is 1.29 bits per heavy atom. The molecule has 1 rings (SSSR count). The van der Waals surface area contributed by atoms with Crippen LogP contribution in [0.2, 0.25) is 0 Å². The van der Waals surface area contributed by atoms with Crippen LogP contribution >= 0.6 is 19.8 Å². The van der Waals surface area contributed by atoms with E-state index in [0.29, 0.717) is 16.7 Å². The van der Waals surface area contributed by atoms with Crippen LogP contribution in [0.25, 0.3) is 0 Å². The van der Waals surface area contributed by atoms with Gasteiger partial charge in [0, 0.05) is 0 Å². The molecule has 0 aliphatic carbocycles. The molecule has 0 heterocycles. The lowest BCUT2D eigenvalue weighted by atomic mass is 10.00. The Kier molecular flexibility index (Phi) is 3.94. The quantitative estimate of drug-likeness (QED) is 0.637. The predicted octanol–water partition coefficient (Wildman–Crippen LogP) is 2.53. The zero-order valence-electron chi connectivity index (χ0n) is 9.87. The first kappa shape index (κ1) is 14.5. The van der Waals surface area contributed by atoms with Crippen molar-refractivity contribution in [3.8, 4) is 0 Å². The highest BCUT2D eigenvalue weighted by atomic mass is 127.